The van der Waals surface area contributed by atoms with Gasteiger partial charge >= 0.3 is 0 Å². The van der Waals surface area contributed by atoms with Gasteiger partial charge < -0.3 is 16.4 Å². The Hall–Kier alpha value is -2.36. The average Bonchev–Trinajstić information content (AvgIpc) is 2.60. The molecule has 30 heavy (non-hydrogen) atoms. The van der Waals surface area contributed by atoms with E-state index >= 15 is 0 Å². The van der Waals surface area contributed by atoms with Gasteiger partial charge in [-0.1, -0.05) is 37.8 Å². The number of rotatable bonds is 8. The largest absolute Gasteiger partial charge is 0.350 e. The van der Waals surface area contributed by atoms with Crippen LogP contribution in [0.5, 0.6) is 0 Å². The molecule has 0 bridgehead atoms. The maximum Gasteiger partial charge on any atom is 0.243 e. The molecule has 0 aliphatic rings. The van der Waals surface area contributed by atoms with Gasteiger partial charge in [0.25, 0.3) is 0 Å². The topological polar surface area (TPSA) is 87.5 Å². The molecule has 0 saturated carbocycles. The number of carbonyl (C=O) groups excluding carboxylic acids is 2. The van der Waals surface area contributed by atoms with Gasteiger partial charge in [0.2, 0.25) is 11.8 Å². The van der Waals surface area contributed by atoms with Crippen molar-refractivity contribution in [3.63, 3.8) is 0 Å². The summed E-state index contributed by atoms with van der Waals surface area (Å²) in [4.78, 5) is 27.4. The minimum atomic E-state index is -0.694. The van der Waals surface area contributed by atoms with E-state index in [4.69, 9.17) is 5.73 Å². The van der Waals surface area contributed by atoms with E-state index in [-0.39, 0.29) is 11.8 Å². The molecule has 0 aromatic heterocycles. The molecule has 4 N–H and O–H groups in total. The van der Waals surface area contributed by atoms with Gasteiger partial charge in [0.1, 0.15) is 6.04 Å². The van der Waals surface area contributed by atoms with Gasteiger partial charge in [0.05, 0.1) is 12.6 Å². The van der Waals surface area contributed by atoms with E-state index in [1.165, 1.54) is 0 Å². The molecule has 1 aromatic rings. The van der Waals surface area contributed by atoms with Crippen LogP contribution in [-0.4, -0.2) is 55.0 Å². The second-order valence-electron chi connectivity index (χ2n) is 9.48. The summed E-state index contributed by atoms with van der Waals surface area (Å²) in [5.41, 5.74) is 7.48. The van der Waals surface area contributed by atoms with Crippen LogP contribution in [0.25, 0.3) is 0 Å². The van der Waals surface area contributed by atoms with Crippen LogP contribution < -0.4 is 16.4 Å². The summed E-state index contributed by atoms with van der Waals surface area (Å²) < 4.78 is 0. The quantitative estimate of drug-likeness (QED) is 0.567. The predicted molar refractivity (Wildman–Crippen MR) is 123 cm³/mol. The van der Waals surface area contributed by atoms with Crippen molar-refractivity contribution < 1.29 is 9.59 Å². The van der Waals surface area contributed by atoms with Gasteiger partial charge in [-0.15, -0.1) is 0 Å². The van der Waals surface area contributed by atoms with Crippen LogP contribution in [0.3, 0.4) is 0 Å². The fourth-order valence-corrected chi connectivity index (χ4v) is 2.82. The average molecular weight is 415 g/mol. The van der Waals surface area contributed by atoms with Crippen molar-refractivity contribution in [1.82, 2.24) is 15.5 Å². The molecule has 0 aliphatic heterocycles. The van der Waals surface area contributed by atoms with Crippen LogP contribution in [0.15, 0.2) is 24.3 Å². The van der Waals surface area contributed by atoms with Gasteiger partial charge in [0.15, 0.2) is 0 Å². The summed E-state index contributed by atoms with van der Waals surface area (Å²) in [6.07, 6.45) is 0.952. The number of carbonyl (C=O) groups is 2. The van der Waals surface area contributed by atoms with Crippen molar-refractivity contribution >= 4 is 11.8 Å². The Morgan fingerprint density at radius 1 is 1.10 bits per heavy atom. The van der Waals surface area contributed by atoms with E-state index in [0.29, 0.717) is 25.3 Å². The predicted octanol–water partition coefficient (Wildman–Crippen LogP) is 1.92. The highest BCUT2D eigenvalue weighted by molar-refractivity contribution is 5.90. The molecule has 0 spiro atoms. The van der Waals surface area contributed by atoms with Crippen molar-refractivity contribution in [3.8, 4) is 11.8 Å². The van der Waals surface area contributed by atoms with Gasteiger partial charge in [0, 0.05) is 17.5 Å². The number of nitrogens with two attached hydrogens (primary N) is 1. The van der Waals surface area contributed by atoms with E-state index in [0.717, 1.165) is 11.1 Å². The summed E-state index contributed by atoms with van der Waals surface area (Å²) in [5, 5.41) is 5.80. The monoisotopic (exact) mass is 414 g/mol. The molecular formula is C24H38N4O2. The van der Waals surface area contributed by atoms with Gasteiger partial charge in [-0.05, 0) is 64.9 Å². The maximum atomic E-state index is 12.8. The van der Waals surface area contributed by atoms with Crippen molar-refractivity contribution in [1.29, 1.82) is 0 Å². The first-order chi connectivity index (χ1) is 13.9. The first kappa shape index (κ1) is 25.7. The zero-order valence-electron chi connectivity index (χ0n) is 19.5. The Morgan fingerprint density at radius 3 is 2.20 bits per heavy atom. The number of nitrogens with one attached hydrogen (secondary N) is 2. The molecule has 0 aliphatic carbocycles. The molecule has 1 rings (SSSR count). The number of nitrogens with zero attached hydrogens (tertiary/aromatic N) is 1. The molecule has 6 heteroatoms. The minimum Gasteiger partial charge on any atom is -0.350 e. The van der Waals surface area contributed by atoms with E-state index in [1.807, 2.05) is 77.9 Å². The third-order valence-corrected chi connectivity index (χ3v) is 4.22. The van der Waals surface area contributed by atoms with Crippen LogP contribution in [-0.2, 0) is 16.0 Å². The highest BCUT2D eigenvalue weighted by Gasteiger charge is 2.27. The molecule has 0 radical (unpaired) electrons. The highest BCUT2D eigenvalue weighted by atomic mass is 16.2. The van der Waals surface area contributed by atoms with Crippen LogP contribution >= 0.6 is 0 Å². The van der Waals surface area contributed by atoms with Crippen LogP contribution in [0.2, 0.25) is 0 Å². The number of hydrogen-bond acceptors (Lipinski definition) is 4. The van der Waals surface area contributed by atoms with Crippen molar-refractivity contribution in [2.75, 3.05) is 20.6 Å². The Kier molecular flexibility index (Phi) is 10.0. The van der Waals surface area contributed by atoms with E-state index < -0.39 is 17.6 Å². The fraction of sp³-hybridized carbons (Fsp3) is 0.583. The molecule has 2 amide bonds. The second-order valence-corrected chi connectivity index (χ2v) is 9.48. The molecule has 0 heterocycles. The van der Waals surface area contributed by atoms with E-state index in [2.05, 4.69) is 22.5 Å². The van der Waals surface area contributed by atoms with Gasteiger partial charge in [-0.3, -0.25) is 14.5 Å². The highest BCUT2D eigenvalue weighted by Crippen LogP contribution is 2.10. The Morgan fingerprint density at radius 2 is 1.70 bits per heavy atom. The Balaban J connectivity index is 2.92. The molecule has 166 valence electrons. The zero-order chi connectivity index (χ0) is 22.9. The molecule has 0 fully saturated rings. The van der Waals surface area contributed by atoms with E-state index in [1.54, 1.807) is 0 Å². The van der Waals surface area contributed by atoms with Crippen LogP contribution in [0.4, 0.5) is 0 Å². The molecule has 6 nitrogen and oxygen atoms in total. The Bertz CT molecular complexity index is 752. The maximum absolute atomic E-state index is 12.8. The summed E-state index contributed by atoms with van der Waals surface area (Å²) in [6.45, 7) is 10.5. The van der Waals surface area contributed by atoms with Crippen molar-refractivity contribution in [3.05, 3.63) is 35.4 Å². The third kappa shape index (κ3) is 10.4. The smallest absolute Gasteiger partial charge is 0.243 e. The lowest BCUT2D eigenvalue weighted by atomic mass is 10.00. The van der Waals surface area contributed by atoms with E-state index in [9.17, 15) is 9.59 Å². The summed E-state index contributed by atoms with van der Waals surface area (Å²) in [6, 6.07) is 6.42. The van der Waals surface area contributed by atoms with Gasteiger partial charge in [-0.25, -0.2) is 0 Å². The lowest BCUT2D eigenvalue weighted by molar-refractivity contribution is -0.130. The molecule has 1 aromatic carbocycles. The number of hydrogen-bond donors (Lipinski definition) is 3. The lowest BCUT2D eigenvalue weighted by Crippen LogP contribution is -2.55. The van der Waals surface area contributed by atoms with Crippen molar-refractivity contribution in [2.45, 2.75) is 65.1 Å². The van der Waals surface area contributed by atoms with Gasteiger partial charge in [-0.2, -0.15) is 0 Å². The standard InChI is InChI=1S/C24H38N4O2/c1-17(2)15-20(25)22(29)26-21(23(30)27-24(3,4)5)16-19-12-10-18(11-13-19)9-8-14-28(6)7/h10-13,17,20-21H,14-16,25H2,1-7H3,(H,26,29)(H,27,30). The summed E-state index contributed by atoms with van der Waals surface area (Å²) >= 11 is 0. The number of benzene rings is 1. The Labute approximate surface area is 182 Å². The van der Waals surface area contributed by atoms with Crippen LogP contribution in [0.1, 0.15) is 52.2 Å². The van der Waals surface area contributed by atoms with Crippen molar-refractivity contribution in [2.24, 2.45) is 11.7 Å². The molecule has 2 unspecified atom stereocenters. The second kappa shape index (κ2) is 11.7. The first-order valence-corrected chi connectivity index (χ1v) is 10.5. The fourth-order valence-electron chi connectivity index (χ4n) is 2.82. The molecule has 0 saturated heterocycles. The lowest BCUT2D eigenvalue weighted by Gasteiger charge is -2.26. The molecular weight excluding hydrogens is 376 g/mol. The zero-order valence-corrected chi connectivity index (χ0v) is 19.5. The number of amides is 2. The summed E-state index contributed by atoms with van der Waals surface area (Å²) in [7, 11) is 3.95. The first-order valence-electron chi connectivity index (χ1n) is 10.5. The SMILES string of the molecule is CC(C)CC(N)C(=O)NC(Cc1ccc(C#CCN(C)C)cc1)C(=O)NC(C)(C)C. The van der Waals surface area contributed by atoms with Crippen LogP contribution in [0, 0.1) is 17.8 Å². The normalized spacial score (nSPS) is 13.4. The minimum absolute atomic E-state index is 0.220. The third-order valence-electron chi connectivity index (χ3n) is 4.22. The molecule has 2 atom stereocenters. The summed E-state index contributed by atoms with van der Waals surface area (Å²) in [5.74, 6) is 6.00.